The fraction of sp³-hybridized carbons (Fsp3) is 0.294. The van der Waals surface area contributed by atoms with Gasteiger partial charge in [0.1, 0.15) is 5.75 Å². The average molecular weight is 304 g/mol. The maximum Gasteiger partial charge on any atom is 0.132 e. The highest BCUT2D eigenvalue weighted by Gasteiger charge is 2.08. The molecule has 112 valence electrons. The highest BCUT2D eigenvalue weighted by molar-refractivity contribution is 7.99. The molecule has 2 aromatic rings. The van der Waals surface area contributed by atoms with Gasteiger partial charge in [-0.15, -0.1) is 11.8 Å². The van der Waals surface area contributed by atoms with Crippen molar-refractivity contribution in [2.24, 2.45) is 0 Å². The number of benzene rings is 2. The van der Waals surface area contributed by atoms with Crippen molar-refractivity contribution in [2.45, 2.75) is 17.6 Å². The summed E-state index contributed by atoms with van der Waals surface area (Å²) in [6.45, 7) is 0.855. The summed E-state index contributed by atoms with van der Waals surface area (Å²) in [5, 5.41) is 9.97. The molecule has 0 aliphatic rings. The van der Waals surface area contributed by atoms with Crippen LogP contribution in [0.25, 0.3) is 0 Å². The lowest BCUT2D eigenvalue weighted by Gasteiger charge is -2.12. The largest absolute Gasteiger partial charge is 0.496 e. The molecule has 0 aromatic heterocycles. The summed E-state index contributed by atoms with van der Waals surface area (Å²) in [6.07, 6.45) is -0.497. The van der Waals surface area contributed by atoms with Gasteiger partial charge >= 0.3 is 0 Å². The highest BCUT2D eigenvalue weighted by Crippen LogP contribution is 2.29. The number of rotatable bonds is 8. The number of aliphatic hydroxyl groups is 1. The molecule has 1 atom stereocenters. The van der Waals surface area contributed by atoms with Crippen LogP contribution in [0.4, 0.5) is 0 Å². The van der Waals surface area contributed by atoms with Crippen molar-refractivity contribution in [1.29, 1.82) is 0 Å². The van der Waals surface area contributed by atoms with E-state index in [-0.39, 0.29) is 0 Å². The lowest BCUT2D eigenvalue weighted by atomic mass is 10.2. The number of methoxy groups -OCH3 is 1. The third kappa shape index (κ3) is 5.42. The minimum Gasteiger partial charge on any atom is -0.496 e. The van der Waals surface area contributed by atoms with Crippen molar-refractivity contribution in [2.75, 3.05) is 19.5 Å². The van der Waals surface area contributed by atoms with E-state index in [1.165, 1.54) is 0 Å². The second-order valence-electron chi connectivity index (χ2n) is 4.62. The quantitative estimate of drug-likeness (QED) is 0.759. The van der Waals surface area contributed by atoms with Gasteiger partial charge in [-0.25, -0.2) is 0 Å². The van der Waals surface area contributed by atoms with E-state index in [2.05, 4.69) is 0 Å². The van der Waals surface area contributed by atoms with E-state index in [0.29, 0.717) is 19.0 Å². The minimum atomic E-state index is -0.497. The van der Waals surface area contributed by atoms with Crippen LogP contribution in [-0.4, -0.2) is 30.7 Å². The first-order chi connectivity index (χ1) is 10.3. The molecule has 0 saturated heterocycles. The Morgan fingerprint density at radius 3 is 2.52 bits per heavy atom. The summed E-state index contributed by atoms with van der Waals surface area (Å²) in [4.78, 5) is 1.03. The Morgan fingerprint density at radius 2 is 1.76 bits per heavy atom. The summed E-state index contributed by atoms with van der Waals surface area (Å²) >= 11 is 1.57. The Hall–Kier alpha value is -1.49. The van der Waals surface area contributed by atoms with Crippen molar-refractivity contribution >= 4 is 11.8 Å². The Kier molecular flexibility index (Phi) is 6.60. The van der Waals surface area contributed by atoms with Crippen molar-refractivity contribution in [1.82, 2.24) is 0 Å². The molecule has 0 bridgehead atoms. The van der Waals surface area contributed by atoms with Gasteiger partial charge in [0, 0.05) is 10.6 Å². The zero-order chi connectivity index (χ0) is 14.9. The number of thioether (sulfide) groups is 1. The molecule has 0 aliphatic heterocycles. The molecule has 0 radical (unpaired) electrons. The van der Waals surface area contributed by atoms with Gasteiger partial charge in [0.15, 0.2) is 0 Å². The van der Waals surface area contributed by atoms with E-state index in [1.54, 1.807) is 18.9 Å². The second kappa shape index (κ2) is 8.72. The third-order valence-electron chi connectivity index (χ3n) is 2.92. The fourth-order valence-corrected chi connectivity index (χ4v) is 2.80. The van der Waals surface area contributed by atoms with E-state index in [4.69, 9.17) is 9.47 Å². The van der Waals surface area contributed by atoms with Crippen LogP contribution in [0.5, 0.6) is 5.75 Å². The molecule has 3 nitrogen and oxygen atoms in total. The summed E-state index contributed by atoms with van der Waals surface area (Å²) in [7, 11) is 1.65. The van der Waals surface area contributed by atoms with Crippen LogP contribution in [0.3, 0.4) is 0 Å². The standard InChI is InChI=1S/C17H20O3S/c1-19-16-9-5-6-10-17(16)21-13-15(18)12-20-11-14-7-3-2-4-8-14/h2-10,15,18H,11-13H2,1H3/t15-/m0/s1. The SMILES string of the molecule is COc1ccccc1SC[C@@H](O)COCc1ccccc1. The molecule has 0 saturated carbocycles. The van der Waals surface area contributed by atoms with Crippen molar-refractivity contribution in [3.05, 3.63) is 60.2 Å². The molecule has 0 unspecified atom stereocenters. The van der Waals surface area contributed by atoms with Gasteiger partial charge in [-0.3, -0.25) is 0 Å². The van der Waals surface area contributed by atoms with E-state index in [1.807, 2.05) is 54.6 Å². The van der Waals surface area contributed by atoms with Gasteiger partial charge in [-0.2, -0.15) is 0 Å². The maximum absolute atomic E-state index is 9.97. The number of para-hydroxylation sites is 1. The van der Waals surface area contributed by atoms with Gasteiger partial charge in [-0.05, 0) is 17.7 Å². The van der Waals surface area contributed by atoms with Crippen LogP contribution < -0.4 is 4.74 Å². The first-order valence-corrected chi connectivity index (χ1v) is 7.83. The predicted octanol–water partition coefficient (Wildman–Crippen LogP) is 3.37. The summed E-state index contributed by atoms with van der Waals surface area (Å²) < 4.78 is 10.8. The van der Waals surface area contributed by atoms with Crippen LogP contribution in [0.2, 0.25) is 0 Å². The molecular formula is C17H20O3S. The normalized spacial score (nSPS) is 12.1. The van der Waals surface area contributed by atoms with Crippen LogP contribution in [-0.2, 0) is 11.3 Å². The van der Waals surface area contributed by atoms with Gasteiger partial charge in [0.05, 0.1) is 26.4 Å². The molecule has 0 heterocycles. The zero-order valence-corrected chi connectivity index (χ0v) is 12.9. The Labute approximate surface area is 129 Å². The van der Waals surface area contributed by atoms with Gasteiger partial charge in [0.2, 0.25) is 0 Å². The lowest BCUT2D eigenvalue weighted by Crippen LogP contribution is -2.17. The highest BCUT2D eigenvalue weighted by atomic mass is 32.2. The minimum absolute atomic E-state index is 0.330. The van der Waals surface area contributed by atoms with E-state index in [9.17, 15) is 5.11 Å². The van der Waals surface area contributed by atoms with E-state index >= 15 is 0 Å². The molecule has 1 N–H and O–H groups in total. The molecule has 0 amide bonds. The van der Waals surface area contributed by atoms with Gasteiger partial charge < -0.3 is 14.6 Å². The topological polar surface area (TPSA) is 38.7 Å². The monoisotopic (exact) mass is 304 g/mol. The predicted molar refractivity (Wildman–Crippen MR) is 85.8 cm³/mol. The molecule has 4 heteroatoms. The van der Waals surface area contributed by atoms with Gasteiger partial charge in [-0.1, -0.05) is 42.5 Å². The number of ether oxygens (including phenoxy) is 2. The van der Waals surface area contributed by atoms with Crippen LogP contribution in [0.15, 0.2) is 59.5 Å². The molecule has 0 fully saturated rings. The van der Waals surface area contributed by atoms with E-state index in [0.717, 1.165) is 16.2 Å². The number of hydrogen-bond donors (Lipinski definition) is 1. The Morgan fingerprint density at radius 1 is 1.05 bits per heavy atom. The Balaban J connectivity index is 1.71. The summed E-state index contributed by atoms with van der Waals surface area (Å²) in [6, 6.07) is 17.8. The molecule has 2 rings (SSSR count). The van der Waals surface area contributed by atoms with Crippen LogP contribution >= 0.6 is 11.8 Å². The van der Waals surface area contributed by atoms with Crippen molar-refractivity contribution in [3.8, 4) is 5.75 Å². The molecule has 0 aliphatic carbocycles. The molecular weight excluding hydrogens is 284 g/mol. The van der Waals surface area contributed by atoms with Crippen molar-refractivity contribution < 1.29 is 14.6 Å². The molecule has 0 spiro atoms. The van der Waals surface area contributed by atoms with Crippen LogP contribution in [0, 0.1) is 0 Å². The zero-order valence-electron chi connectivity index (χ0n) is 12.1. The third-order valence-corrected chi connectivity index (χ3v) is 4.12. The maximum atomic E-state index is 9.97. The molecule has 2 aromatic carbocycles. The second-order valence-corrected chi connectivity index (χ2v) is 5.68. The van der Waals surface area contributed by atoms with Gasteiger partial charge in [0.25, 0.3) is 0 Å². The van der Waals surface area contributed by atoms with Crippen LogP contribution in [0.1, 0.15) is 5.56 Å². The number of aliphatic hydroxyl groups excluding tert-OH is 1. The van der Waals surface area contributed by atoms with Crippen molar-refractivity contribution in [3.63, 3.8) is 0 Å². The Bertz CT molecular complexity index is 531. The number of hydrogen-bond acceptors (Lipinski definition) is 4. The smallest absolute Gasteiger partial charge is 0.132 e. The first kappa shape index (κ1) is 15.9. The van der Waals surface area contributed by atoms with E-state index < -0.39 is 6.10 Å². The lowest BCUT2D eigenvalue weighted by molar-refractivity contribution is 0.0398. The fourth-order valence-electron chi connectivity index (χ4n) is 1.86. The summed E-state index contributed by atoms with van der Waals surface area (Å²) in [5.74, 6) is 1.41. The average Bonchev–Trinajstić information content (AvgIpc) is 2.54. The first-order valence-electron chi connectivity index (χ1n) is 6.85. The molecule has 21 heavy (non-hydrogen) atoms. The summed E-state index contributed by atoms with van der Waals surface area (Å²) in [5.41, 5.74) is 1.11.